The van der Waals surface area contributed by atoms with Crippen LogP contribution >= 0.6 is 0 Å². The Morgan fingerprint density at radius 1 is 1.52 bits per heavy atom. The molecule has 21 heavy (non-hydrogen) atoms. The van der Waals surface area contributed by atoms with Crippen LogP contribution in [-0.2, 0) is 16.1 Å². The lowest BCUT2D eigenvalue weighted by Gasteiger charge is -2.13. The molecule has 0 bridgehead atoms. The van der Waals surface area contributed by atoms with Gasteiger partial charge in [0.1, 0.15) is 12.4 Å². The highest BCUT2D eigenvalue weighted by Crippen LogP contribution is 2.08. The first-order chi connectivity index (χ1) is 10.0. The SMILES string of the molecule is COC[C@H](C)NC(=O)Cn1cnc2cc(F)ccc2c1=O. The molecule has 2 rings (SSSR count). The molecule has 2 aromatic rings. The van der Waals surface area contributed by atoms with E-state index in [1.165, 1.54) is 29.1 Å². The van der Waals surface area contributed by atoms with Gasteiger partial charge in [-0.2, -0.15) is 0 Å². The normalized spacial score (nSPS) is 12.3. The molecule has 7 heteroatoms. The molecular weight excluding hydrogens is 277 g/mol. The number of hydrogen-bond acceptors (Lipinski definition) is 4. The van der Waals surface area contributed by atoms with E-state index in [9.17, 15) is 14.0 Å². The van der Waals surface area contributed by atoms with Crippen LogP contribution in [0, 0.1) is 5.82 Å². The fourth-order valence-electron chi connectivity index (χ4n) is 2.01. The highest BCUT2D eigenvalue weighted by atomic mass is 19.1. The van der Waals surface area contributed by atoms with Crippen LogP contribution in [0.4, 0.5) is 4.39 Å². The molecule has 0 spiro atoms. The maximum atomic E-state index is 13.1. The summed E-state index contributed by atoms with van der Waals surface area (Å²) in [5.74, 6) is -0.775. The highest BCUT2D eigenvalue weighted by molar-refractivity contribution is 5.79. The van der Waals surface area contributed by atoms with Gasteiger partial charge in [-0.25, -0.2) is 9.37 Å². The van der Waals surface area contributed by atoms with E-state index in [1.54, 1.807) is 14.0 Å². The summed E-state index contributed by atoms with van der Waals surface area (Å²) in [5.41, 5.74) is -0.112. The summed E-state index contributed by atoms with van der Waals surface area (Å²) in [6.07, 6.45) is 1.24. The maximum Gasteiger partial charge on any atom is 0.261 e. The monoisotopic (exact) mass is 293 g/mol. The number of nitrogens with zero attached hydrogens (tertiary/aromatic N) is 2. The largest absolute Gasteiger partial charge is 0.383 e. The van der Waals surface area contributed by atoms with Crippen molar-refractivity contribution < 1.29 is 13.9 Å². The first kappa shape index (κ1) is 15.1. The Morgan fingerprint density at radius 3 is 3.00 bits per heavy atom. The fourth-order valence-corrected chi connectivity index (χ4v) is 2.01. The third-order valence-corrected chi connectivity index (χ3v) is 2.93. The average molecular weight is 293 g/mol. The number of halogens is 1. The van der Waals surface area contributed by atoms with Gasteiger partial charge in [-0.15, -0.1) is 0 Å². The van der Waals surface area contributed by atoms with Crippen molar-refractivity contribution in [3.63, 3.8) is 0 Å². The van der Waals surface area contributed by atoms with Crippen LogP contribution in [0.5, 0.6) is 0 Å². The topological polar surface area (TPSA) is 73.2 Å². The van der Waals surface area contributed by atoms with Gasteiger partial charge in [-0.3, -0.25) is 14.2 Å². The van der Waals surface area contributed by atoms with E-state index in [2.05, 4.69) is 10.3 Å². The molecule has 6 nitrogen and oxygen atoms in total. The summed E-state index contributed by atoms with van der Waals surface area (Å²) in [6.45, 7) is 2.04. The summed E-state index contributed by atoms with van der Waals surface area (Å²) in [4.78, 5) is 28.0. The van der Waals surface area contributed by atoms with E-state index in [4.69, 9.17) is 4.74 Å². The molecule has 0 fully saturated rings. The molecule has 0 radical (unpaired) electrons. The molecule has 0 saturated heterocycles. The average Bonchev–Trinajstić information content (AvgIpc) is 2.42. The molecule has 1 amide bonds. The second-order valence-electron chi connectivity index (χ2n) is 4.76. The van der Waals surface area contributed by atoms with Gasteiger partial charge in [-0.1, -0.05) is 0 Å². The molecule has 0 aliphatic carbocycles. The number of nitrogens with one attached hydrogen (secondary N) is 1. The Hall–Kier alpha value is -2.28. The summed E-state index contributed by atoms with van der Waals surface area (Å²) in [6, 6.07) is 3.58. The number of carbonyl (C=O) groups is 1. The summed E-state index contributed by atoms with van der Waals surface area (Å²) in [7, 11) is 1.54. The lowest BCUT2D eigenvalue weighted by molar-refractivity contribution is -0.122. The molecule has 1 heterocycles. The number of ether oxygens (including phenoxy) is 1. The first-order valence-corrected chi connectivity index (χ1v) is 6.44. The van der Waals surface area contributed by atoms with Crippen molar-refractivity contribution in [1.82, 2.24) is 14.9 Å². The number of methoxy groups -OCH3 is 1. The quantitative estimate of drug-likeness (QED) is 0.880. The Balaban J connectivity index is 2.19. The summed E-state index contributed by atoms with van der Waals surface area (Å²) < 4.78 is 19.2. The third-order valence-electron chi connectivity index (χ3n) is 2.93. The van der Waals surface area contributed by atoms with Gasteiger partial charge in [0.15, 0.2) is 0 Å². The lowest BCUT2D eigenvalue weighted by Crippen LogP contribution is -2.39. The summed E-state index contributed by atoms with van der Waals surface area (Å²) in [5, 5.41) is 2.98. The van der Waals surface area contributed by atoms with Crippen LogP contribution in [0.2, 0.25) is 0 Å². The zero-order valence-corrected chi connectivity index (χ0v) is 11.8. The highest BCUT2D eigenvalue weighted by Gasteiger charge is 2.11. The second kappa shape index (κ2) is 6.45. The van der Waals surface area contributed by atoms with Crippen molar-refractivity contribution in [1.29, 1.82) is 0 Å². The van der Waals surface area contributed by atoms with Gasteiger partial charge >= 0.3 is 0 Å². The Bertz CT molecular complexity index is 714. The van der Waals surface area contributed by atoms with E-state index in [0.29, 0.717) is 6.61 Å². The molecule has 112 valence electrons. The number of hydrogen-bond donors (Lipinski definition) is 1. The van der Waals surface area contributed by atoms with Crippen LogP contribution < -0.4 is 10.9 Å². The molecule has 0 aliphatic heterocycles. The van der Waals surface area contributed by atoms with Crippen LogP contribution in [-0.4, -0.2) is 35.2 Å². The Morgan fingerprint density at radius 2 is 2.29 bits per heavy atom. The Kier molecular flexibility index (Phi) is 4.64. The van der Waals surface area contributed by atoms with Crippen molar-refractivity contribution >= 4 is 16.8 Å². The van der Waals surface area contributed by atoms with Gasteiger partial charge in [0.05, 0.1) is 23.8 Å². The van der Waals surface area contributed by atoms with Gasteiger partial charge in [0.25, 0.3) is 5.56 Å². The van der Waals surface area contributed by atoms with Gasteiger partial charge < -0.3 is 10.1 Å². The molecule has 1 N–H and O–H groups in total. The van der Waals surface area contributed by atoms with E-state index in [1.807, 2.05) is 0 Å². The standard InChI is InChI=1S/C14H16FN3O3/c1-9(7-21-2)17-13(19)6-18-8-16-12-5-10(15)3-4-11(12)14(18)20/h3-5,8-9H,6-7H2,1-2H3,(H,17,19)/t9-/m0/s1. The minimum Gasteiger partial charge on any atom is -0.383 e. The third kappa shape index (κ3) is 3.63. The Labute approximate surface area is 120 Å². The number of aromatic nitrogens is 2. The number of amides is 1. The van der Waals surface area contributed by atoms with Crippen molar-refractivity contribution in [3.8, 4) is 0 Å². The van der Waals surface area contributed by atoms with Crippen molar-refractivity contribution in [2.75, 3.05) is 13.7 Å². The minimum atomic E-state index is -0.460. The zero-order valence-electron chi connectivity index (χ0n) is 11.8. The molecule has 1 atom stereocenters. The molecule has 0 saturated carbocycles. The molecule has 1 aromatic heterocycles. The van der Waals surface area contributed by atoms with E-state index >= 15 is 0 Å². The van der Waals surface area contributed by atoms with Crippen molar-refractivity contribution in [2.24, 2.45) is 0 Å². The first-order valence-electron chi connectivity index (χ1n) is 6.44. The molecule has 0 unspecified atom stereocenters. The fraction of sp³-hybridized carbons (Fsp3) is 0.357. The van der Waals surface area contributed by atoms with Crippen molar-refractivity contribution in [3.05, 3.63) is 40.7 Å². The molecule has 0 aliphatic rings. The van der Waals surface area contributed by atoms with Gasteiger partial charge in [0, 0.05) is 19.2 Å². The number of fused-ring (bicyclic) bond motifs is 1. The number of benzene rings is 1. The van der Waals surface area contributed by atoms with Gasteiger partial charge in [0.2, 0.25) is 5.91 Å². The summed E-state index contributed by atoms with van der Waals surface area (Å²) >= 11 is 0. The van der Waals surface area contributed by atoms with E-state index < -0.39 is 5.82 Å². The van der Waals surface area contributed by atoms with E-state index in [0.717, 1.165) is 0 Å². The van der Waals surface area contributed by atoms with Crippen molar-refractivity contribution in [2.45, 2.75) is 19.5 Å². The zero-order chi connectivity index (χ0) is 15.4. The van der Waals surface area contributed by atoms with Crippen LogP contribution in [0.3, 0.4) is 0 Å². The predicted molar refractivity (Wildman–Crippen MR) is 75.4 cm³/mol. The smallest absolute Gasteiger partial charge is 0.261 e. The molecule has 1 aromatic carbocycles. The van der Waals surface area contributed by atoms with E-state index in [-0.39, 0.29) is 35.0 Å². The van der Waals surface area contributed by atoms with Crippen LogP contribution in [0.25, 0.3) is 10.9 Å². The minimum absolute atomic E-state index is 0.146. The van der Waals surface area contributed by atoms with Crippen LogP contribution in [0.15, 0.2) is 29.3 Å². The molecular formula is C14H16FN3O3. The number of rotatable bonds is 5. The van der Waals surface area contributed by atoms with Gasteiger partial charge in [-0.05, 0) is 19.1 Å². The number of carbonyl (C=O) groups excluding carboxylic acids is 1. The predicted octanol–water partition coefficient (Wildman–Crippen LogP) is 0.687. The second-order valence-corrected chi connectivity index (χ2v) is 4.76. The lowest BCUT2D eigenvalue weighted by atomic mass is 10.2. The van der Waals surface area contributed by atoms with Crippen LogP contribution in [0.1, 0.15) is 6.92 Å². The maximum absolute atomic E-state index is 13.1.